The summed E-state index contributed by atoms with van der Waals surface area (Å²) in [6, 6.07) is 3.53. The number of carbonyl (C=O) groups excluding carboxylic acids is 1. The minimum absolute atomic E-state index is 0.115. The number of nitrogens with zero attached hydrogens (tertiary/aromatic N) is 1. The average Bonchev–Trinajstić information content (AvgIpc) is 3.18. The second-order valence-electron chi connectivity index (χ2n) is 5.60. The maximum atomic E-state index is 12.1. The van der Waals surface area contributed by atoms with Crippen LogP contribution in [-0.4, -0.2) is 22.7 Å². The number of nitrogens with one attached hydrogen (secondary N) is 1. The van der Waals surface area contributed by atoms with Crippen molar-refractivity contribution in [1.82, 2.24) is 10.5 Å². The molecule has 0 spiro atoms. The van der Waals surface area contributed by atoms with Gasteiger partial charge in [-0.1, -0.05) is 19.0 Å². The predicted octanol–water partition coefficient (Wildman–Crippen LogP) is 3.28. The zero-order chi connectivity index (χ0) is 16.2. The number of hydrogen-bond donors (Lipinski definition) is 2. The van der Waals surface area contributed by atoms with Gasteiger partial charge in [0.25, 0.3) is 5.91 Å². The maximum Gasteiger partial charge on any atom is 0.290 e. The van der Waals surface area contributed by atoms with Gasteiger partial charge in [-0.2, -0.15) is 11.3 Å². The van der Waals surface area contributed by atoms with Crippen LogP contribution in [0, 0.1) is 0 Å². The van der Waals surface area contributed by atoms with Gasteiger partial charge < -0.3 is 14.9 Å². The van der Waals surface area contributed by atoms with Gasteiger partial charge >= 0.3 is 0 Å². The first-order chi connectivity index (χ1) is 10.5. The van der Waals surface area contributed by atoms with Crippen LogP contribution >= 0.6 is 11.3 Å². The normalized spacial score (nSPS) is 14.0. The Balaban J connectivity index is 1.98. The van der Waals surface area contributed by atoms with Crippen molar-refractivity contribution in [2.75, 3.05) is 6.54 Å². The number of hydrogen-bond acceptors (Lipinski definition) is 5. The zero-order valence-corrected chi connectivity index (χ0v) is 13.9. The molecular formula is C16H22N2O3S. The molecule has 2 heterocycles. The molecule has 2 aromatic rings. The van der Waals surface area contributed by atoms with Gasteiger partial charge in [-0.25, -0.2) is 0 Å². The molecule has 0 saturated heterocycles. The van der Waals surface area contributed by atoms with E-state index >= 15 is 0 Å². The first-order valence-electron chi connectivity index (χ1n) is 7.47. The second-order valence-corrected chi connectivity index (χ2v) is 6.38. The molecule has 2 N–H and O–H groups in total. The van der Waals surface area contributed by atoms with Crippen LogP contribution in [0.4, 0.5) is 0 Å². The maximum absolute atomic E-state index is 12.1. The zero-order valence-electron chi connectivity index (χ0n) is 13.1. The van der Waals surface area contributed by atoms with Gasteiger partial charge in [-0.05, 0) is 42.2 Å². The van der Waals surface area contributed by atoms with Crippen LogP contribution in [0.5, 0.6) is 0 Å². The van der Waals surface area contributed by atoms with E-state index < -0.39 is 5.60 Å². The van der Waals surface area contributed by atoms with Gasteiger partial charge in [0.15, 0.2) is 0 Å². The summed E-state index contributed by atoms with van der Waals surface area (Å²) in [7, 11) is 0. The van der Waals surface area contributed by atoms with E-state index in [-0.39, 0.29) is 18.2 Å². The van der Waals surface area contributed by atoms with E-state index in [2.05, 4.69) is 24.3 Å². The van der Waals surface area contributed by atoms with Crippen molar-refractivity contribution >= 4 is 17.2 Å². The highest BCUT2D eigenvalue weighted by Gasteiger charge is 2.25. The third kappa shape index (κ3) is 3.75. The van der Waals surface area contributed by atoms with Crippen LogP contribution < -0.4 is 5.32 Å². The summed E-state index contributed by atoms with van der Waals surface area (Å²) in [5.41, 5.74) is 0.487. The molecule has 1 atom stereocenters. The van der Waals surface area contributed by atoms with Gasteiger partial charge in [0, 0.05) is 12.0 Å². The Kier molecular flexibility index (Phi) is 5.37. The van der Waals surface area contributed by atoms with Crippen LogP contribution in [0.25, 0.3) is 0 Å². The highest BCUT2D eigenvalue weighted by Crippen LogP contribution is 2.24. The van der Waals surface area contributed by atoms with Crippen molar-refractivity contribution in [3.63, 3.8) is 0 Å². The van der Waals surface area contributed by atoms with Crippen LogP contribution in [0.15, 0.2) is 27.4 Å². The lowest BCUT2D eigenvalue weighted by Gasteiger charge is -2.22. The minimum Gasteiger partial charge on any atom is -0.384 e. The van der Waals surface area contributed by atoms with Gasteiger partial charge in [-0.3, -0.25) is 4.79 Å². The summed E-state index contributed by atoms with van der Waals surface area (Å²) in [6.07, 6.45) is 1.91. The molecule has 1 amide bonds. The summed E-state index contributed by atoms with van der Waals surface area (Å²) in [5, 5.41) is 20.8. The Bertz CT molecular complexity index is 601. The minimum atomic E-state index is -1.10. The number of amides is 1. The molecule has 0 radical (unpaired) electrons. The van der Waals surface area contributed by atoms with Crippen LogP contribution in [0.1, 0.15) is 61.3 Å². The van der Waals surface area contributed by atoms with Crippen molar-refractivity contribution < 1.29 is 14.4 Å². The number of aromatic nitrogens is 1. The molecule has 2 rings (SSSR count). The van der Waals surface area contributed by atoms with Gasteiger partial charge in [0.1, 0.15) is 5.60 Å². The largest absolute Gasteiger partial charge is 0.384 e. The van der Waals surface area contributed by atoms with E-state index in [9.17, 15) is 9.90 Å². The van der Waals surface area contributed by atoms with Crippen LogP contribution in [0.3, 0.4) is 0 Å². The van der Waals surface area contributed by atoms with E-state index in [1.54, 1.807) is 13.0 Å². The number of carbonyl (C=O) groups is 1. The Hall–Kier alpha value is -1.66. The van der Waals surface area contributed by atoms with E-state index in [0.29, 0.717) is 5.92 Å². The van der Waals surface area contributed by atoms with Crippen molar-refractivity contribution in [2.45, 2.75) is 45.1 Å². The quantitative estimate of drug-likeness (QED) is 0.820. The number of thiophene rings is 1. The Morgan fingerprint density at radius 2 is 2.23 bits per heavy atom. The molecule has 0 aliphatic carbocycles. The molecule has 0 fully saturated rings. The molecule has 0 saturated carbocycles. The van der Waals surface area contributed by atoms with E-state index in [0.717, 1.165) is 24.1 Å². The molecule has 0 aromatic carbocycles. The summed E-state index contributed by atoms with van der Waals surface area (Å²) < 4.78 is 5.13. The van der Waals surface area contributed by atoms with Crippen molar-refractivity contribution in [2.24, 2.45) is 0 Å². The smallest absolute Gasteiger partial charge is 0.290 e. The first-order valence-corrected chi connectivity index (χ1v) is 8.42. The van der Waals surface area contributed by atoms with Crippen molar-refractivity contribution in [1.29, 1.82) is 0 Å². The van der Waals surface area contributed by atoms with Gasteiger partial charge in [-0.15, -0.1) is 0 Å². The third-order valence-electron chi connectivity index (χ3n) is 3.89. The molecule has 0 aliphatic heterocycles. The Morgan fingerprint density at radius 1 is 1.50 bits per heavy atom. The Labute approximate surface area is 134 Å². The van der Waals surface area contributed by atoms with Crippen molar-refractivity contribution in [3.05, 3.63) is 39.9 Å². The molecule has 5 nitrogen and oxygen atoms in total. The molecule has 22 heavy (non-hydrogen) atoms. The summed E-state index contributed by atoms with van der Waals surface area (Å²) in [6.45, 7) is 5.95. The number of aliphatic hydroxyl groups is 1. The summed E-state index contributed by atoms with van der Waals surface area (Å²) in [4.78, 5) is 12.1. The van der Waals surface area contributed by atoms with Crippen molar-refractivity contribution in [3.8, 4) is 0 Å². The summed E-state index contributed by atoms with van der Waals surface area (Å²) in [5.74, 6) is 0.127. The lowest BCUT2D eigenvalue weighted by atomic mass is 9.99. The van der Waals surface area contributed by atoms with Gasteiger partial charge in [0.05, 0.1) is 12.2 Å². The van der Waals surface area contributed by atoms with Crippen LogP contribution in [0.2, 0.25) is 0 Å². The fourth-order valence-electron chi connectivity index (χ4n) is 2.31. The molecule has 0 bridgehead atoms. The van der Waals surface area contributed by atoms with E-state index in [1.165, 1.54) is 11.3 Å². The lowest BCUT2D eigenvalue weighted by Crippen LogP contribution is -2.38. The second kappa shape index (κ2) is 7.07. The van der Waals surface area contributed by atoms with E-state index in [4.69, 9.17) is 4.52 Å². The molecular weight excluding hydrogens is 300 g/mol. The first kappa shape index (κ1) is 16.7. The number of rotatable bonds is 7. The topological polar surface area (TPSA) is 75.4 Å². The monoisotopic (exact) mass is 322 g/mol. The van der Waals surface area contributed by atoms with Crippen LogP contribution in [-0.2, 0) is 5.60 Å². The molecule has 120 valence electrons. The average molecular weight is 322 g/mol. The standard InChI is InChI=1S/C16H22N2O3S/c1-4-11(5-2)13-8-14(21-18-13)15(19)17-10-16(3,20)12-6-7-22-9-12/h6-9,11,20H,4-5,10H2,1-3H3,(H,17,19). The SMILES string of the molecule is CCC(CC)c1cc(C(=O)NCC(C)(O)c2ccsc2)on1. The predicted molar refractivity (Wildman–Crippen MR) is 86.0 cm³/mol. The molecule has 6 heteroatoms. The van der Waals surface area contributed by atoms with E-state index in [1.807, 2.05) is 16.8 Å². The highest BCUT2D eigenvalue weighted by atomic mass is 32.1. The molecule has 0 aliphatic rings. The molecule has 1 unspecified atom stereocenters. The summed E-state index contributed by atoms with van der Waals surface area (Å²) >= 11 is 1.51. The molecule has 2 aromatic heterocycles. The fourth-order valence-corrected chi connectivity index (χ4v) is 3.09. The fraction of sp³-hybridized carbons (Fsp3) is 0.500. The third-order valence-corrected chi connectivity index (χ3v) is 4.58. The Morgan fingerprint density at radius 3 is 2.82 bits per heavy atom. The van der Waals surface area contributed by atoms with Gasteiger partial charge in [0.2, 0.25) is 5.76 Å². The lowest BCUT2D eigenvalue weighted by molar-refractivity contribution is 0.0520. The highest BCUT2D eigenvalue weighted by molar-refractivity contribution is 7.08.